The second-order valence-electron chi connectivity index (χ2n) is 4.04. The summed E-state index contributed by atoms with van der Waals surface area (Å²) < 4.78 is 38.9. The number of hydrogen-bond donors (Lipinski definition) is 2. The van der Waals surface area contributed by atoms with E-state index in [1.807, 2.05) is 6.07 Å². The zero-order chi connectivity index (χ0) is 13.9. The minimum atomic E-state index is -4.30. The first-order chi connectivity index (χ1) is 9.01. The number of alkyl halides is 3. The van der Waals surface area contributed by atoms with Crippen LogP contribution < -0.4 is 11.3 Å². The minimum Gasteiger partial charge on any atom is -0.271 e. The van der Waals surface area contributed by atoms with E-state index < -0.39 is 18.6 Å². The van der Waals surface area contributed by atoms with Crippen molar-refractivity contribution in [3.05, 3.63) is 48.3 Å². The van der Waals surface area contributed by atoms with Gasteiger partial charge in [-0.3, -0.25) is 11.3 Å². The molecule has 0 saturated carbocycles. The number of halogens is 3. The van der Waals surface area contributed by atoms with Gasteiger partial charge in [-0.05, 0) is 18.2 Å². The minimum absolute atomic E-state index is 0.367. The molecule has 4 nitrogen and oxygen atoms in total. The Kier molecular flexibility index (Phi) is 3.87. The number of aromatic nitrogens is 2. The summed E-state index contributed by atoms with van der Waals surface area (Å²) in [4.78, 5) is 0. The monoisotopic (exact) mass is 270 g/mol. The van der Waals surface area contributed by atoms with Crippen molar-refractivity contribution in [2.75, 3.05) is 0 Å². The van der Waals surface area contributed by atoms with Crippen LogP contribution in [0.1, 0.15) is 18.2 Å². The maximum absolute atomic E-state index is 12.5. The fraction of sp³-hybridized carbons (Fsp3) is 0.250. The first-order valence-electron chi connectivity index (χ1n) is 5.63. The molecule has 102 valence electrons. The van der Waals surface area contributed by atoms with Gasteiger partial charge in [0.25, 0.3) is 0 Å². The van der Waals surface area contributed by atoms with Crippen LogP contribution in [0.3, 0.4) is 0 Å². The molecule has 1 unspecified atom stereocenters. The van der Waals surface area contributed by atoms with Gasteiger partial charge < -0.3 is 0 Å². The molecule has 3 N–H and O–H groups in total. The highest BCUT2D eigenvalue weighted by molar-refractivity contribution is 5.33. The number of rotatable bonds is 4. The third kappa shape index (κ3) is 3.33. The van der Waals surface area contributed by atoms with E-state index in [2.05, 4.69) is 10.5 Å². The van der Waals surface area contributed by atoms with Gasteiger partial charge >= 0.3 is 6.18 Å². The van der Waals surface area contributed by atoms with Crippen LogP contribution in [0, 0.1) is 0 Å². The summed E-state index contributed by atoms with van der Waals surface area (Å²) in [5.41, 5.74) is 3.24. The molecule has 0 radical (unpaired) electrons. The Morgan fingerprint density at radius 3 is 2.47 bits per heavy atom. The Hall–Kier alpha value is -1.86. The number of nitrogens with one attached hydrogen (secondary N) is 1. The molecule has 19 heavy (non-hydrogen) atoms. The van der Waals surface area contributed by atoms with E-state index in [-0.39, 0.29) is 0 Å². The van der Waals surface area contributed by atoms with Crippen LogP contribution in [-0.2, 0) is 0 Å². The normalized spacial score (nSPS) is 13.5. The molecular formula is C12H13F3N4. The molecule has 0 saturated heterocycles. The number of hydrazine groups is 1. The van der Waals surface area contributed by atoms with Crippen LogP contribution in [0.4, 0.5) is 13.2 Å². The van der Waals surface area contributed by atoms with Crippen LogP contribution in [-0.4, -0.2) is 16.0 Å². The highest BCUT2D eigenvalue weighted by Crippen LogP contribution is 2.29. The van der Waals surface area contributed by atoms with Gasteiger partial charge in [0.05, 0.1) is 23.8 Å². The molecule has 1 heterocycles. The van der Waals surface area contributed by atoms with Crippen LogP contribution in [0.2, 0.25) is 0 Å². The Balaban J connectivity index is 2.33. The number of benzene rings is 1. The summed E-state index contributed by atoms with van der Waals surface area (Å²) in [6.07, 6.45) is -3.91. The van der Waals surface area contributed by atoms with Gasteiger partial charge in [0.1, 0.15) is 0 Å². The summed E-state index contributed by atoms with van der Waals surface area (Å²) in [6.45, 7) is 0. The average molecular weight is 270 g/mol. The van der Waals surface area contributed by atoms with E-state index in [4.69, 9.17) is 5.84 Å². The Morgan fingerprint density at radius 2 is 1.89 bits per heavy atom. The molecule has 0 spiro atoms. The van der Waals surface area contributed by atoms with Gasteiger partial charge in [0, 0.05) is 6.20 Å². The molecule has 1 aromatic carbocycles. The van der Waals surface area contributed by atoms with E-state index >= 15 is 0 Å². The van der Waals surface area contributed by atoms with Gasteiger partial charge in [0.2, 0.25) is 0 Å². The molecule has 1 aromatic heterocycles. The second-order valence-corrected chi connectivity index (χ2v) is 4.04. The number of para-hydroxylation sites is 1. The third-order valence-electron chi connectivity index (χ3n) is 2.67. The molecule has 0 aliphatic carbocycles. The molecule has 0 bridgehead atoms. The van der Waals surface area contributed by atoms with Crippen molar-refractivity contribution in [3.8, 4) is 5.69 Å². The standard InChI is InChI=1S/C12H13F3N4/c13-12(14,15)8-10(18-16)11-6-7-17-19(11)9-4-2-1-3-5-9/h1-7,10,18H,8,16H2. The van der Waals surface area contributed by atoms with Gasteiger partial charge in [-0.1, -0.05) is 18.2 Å². The van der Waals surface area contributed by atoms with E-state index in [1.165, 1.54) is 16.9 Å². The van der Waals surface area contributed by atoms with E-state index in [1.54, 1.807) is 24.3 Å². The van der Waals surface area contributed by atoms with Gasteiger partial charge in [-0.15, -0.1) is 0 Å². The molecule has 2 aromatic rings. The second kappa shape index (κ2) is 5.41. The summed E-state index contributed by atoms with van der Waals surface area (Å²) in [6, 6.07) is 9.40. The molecule has 0 aliphatic heterocycles. The zero-order valence-electron chi connectivity index (χ0n) is 9.93. The van der Waals surface area contributed by atoms with Crippen LogP contribution in [0.5, 0.6) is 0 Å². The summed E-state index contributed by atoms with van der Waals surface area (Å²) in [5.74, 6) is 5.23. The summed E-state index contributed by atoms with van der Waals surface area (Å²) >= 11 is 0. The molecule has 0 aliphatic rings. The SMILES string of the molecule is NNC(CC(F)(F)F)c1ccnn1-c1ccccc1. The molecule has 7 heteroatoms. The van der Waals surface area contributed by atoms with E-state index in [0.717, 1.165) is 0 Å². The largest absolute Gasteiger partial charge is 0.391 e. The predicted octanol–water partition coefficient (Wildman–Crippen LogP) is 2.33. The molecule has 0 amide bonds. The van der Waals surface area contributed by atoms with Crippen molar-refractivity contribution in [2.45, 2.75) is 18.6 Å². The van der Waals surface area contributed by atoms with Crippen LogP contribution >= 0.6 is 0 Å². The lowest BCUT2D eigenvalue weighted by Crippen LogP contribution is -2.33. The highest BCUT2D eigenvalue weighted by atomic mass is 19.4. The summed E-state index contributed by atoms with van der Waals surface area (Å²) in [7, 11) is 0. The highest BCUT2D eigenvalue weighted by Gasteiger charge is 2.33. The topological polar surface area (TPSA) is 55.9 Å². The van der Waals surface area contributed by atoms with E-state index in [9.17, 15) is 13.2 Å². The summed E-state index contributed by atoms with van der Waals surface area (Å²) in [5, 5.41) is 4.04. The average Bonchev–Trinajstić information content (AvgIpc) is 2.85. The Morgan fingerprint density at radius 1 is 1.21 bits per heavy atom. The smallest absolute Gasteiger partial charge is 0.271 e. The number of hydrogen-bond acceptors (Lipinski definition) is 3. The maximum Gasteiger partial charge on any atom is 0.391 e. The zero-order valence-corrected chi connectivity index (χ0v) is 9.93. The lowest BCUT2D eigenvalue weighted by molar-refractivity contribution is -0.140. The Labute approximate surface area is 108 Å². The van der Waals surface area contributed by atoms with Crippen molar-refractivity contribution in [1.29, 1.82) is 0 Å². The molecule has 0 fully saturated rings. The molecule has 1 atom stereocenters. The van der Waals surface area contributed by atoms with Crippen molar-refractivity contribution < 1.29 is 13.2 Å². The maximum atomic E-state index is 12.5. The predicted molar refractivity (Wildman–Crippen MR) is 64.3 cm³/mol. The number of nitrogens with zero attached hydrogens (tertiary/aromatic N) is 2. The molecule has 2 rings (SSSR count). The fourth-order valence-electron chi connectivity index (χ4n) is 1.84. The first kappa shape index (κ1) is 13.6. The quantitative estimate of drug-likeness (QED) is 0.662. The fourth-order valence-corrected chi connectivity index (χ4v) is 1.84. The van der Waals surface area contributed by atoms with Gasteiger partial charge in [0.15, 0.2) is 0 Å². The number of nitrogens with two attached hydrogens (primary N) is 1. The van der Waals surface area contributed by atoms with E-state index in [0.29, 0.717) is 11.4 Å². The van der Waals surface area contributed by atoms with Crippen LogP contribution in [0.15, 0.2) is 42.6 Å². The van der Waals surface area contributed by atoms with Crippen molar-refractivity contribution in [2.24, 2.45) is 5.84 Å². The first-order valence-corrected chi connectivity index (χ1v) is 5.63. The lowest BCUT2D eigenvalue weighted by atomic mass is 10.1. The van der Waals surface area contributed by atoms with Gasteiger partial charge in [-0.25, -0.2) is 4.68 Å². The van der Waals surface area contributed by atoms with Crippen molar-refractivity contribution >= 4 is 0 Å². The van der Waals surface area contributed by atoms with Gasteiger partial charge in [-0.2, -0.15) is 18.3 Å². The van der Waals surface area contributed by atoms with Crippen molar-refractivity contribution in [3.63, 3.8) is 0 Å². The molecular weight excluding hydrogens is 257 g/mol. The van der Waals surface area contributed by atoms with Crippen LogP contribution in [0.25, 0.3) is 5.69 Å². The van der Waals surface area contributed by atoms with Crippen molar-refractivity contribution in [1.82, 2.24) is 15.2 Å². The Bertz CT molecular complexity index is 521. The third-order valence-corrected chi connectivity index (χ3v) is 2.67. The lowest BCUT2D eigenvalue weighted by Gasteiger charge is -2.19.